The molecule has 1 aromatic carbocycles. The van der Waals surface area contributed by atoms with Crippen molar-refractivity contribution in [2.24, 2.45) is 11.5 Å². The van der Waals surface area contributed by atoms with Crippen molar-refractivity contribution in [3.63, 3.8) is 0 Å². The highest BCUT2D eigenvalue weighted by molar-refractivity contribution is 5.75. The van der Waals surface area contributed by atoms with Crippen molar-refractivity contribution >= 4 is 11.6 Å². The van der Waals surface area contributed by atoms with E-state index in [0.29, 0.717) is 5.75 Å². The van der Waals surface area contributed by atoms with Gasteiger partial charge in [0.25, 0.3) is 0 Å². The van der Waals surface area contributed by atoms with Gasteiger partial charge in [0.15, 0.2) is 0 Å². The van der Waals surface area contributed by atoms with Gasteiger partial charge in [0.05, 0.1) is 7.11 Å². The lowest BCUT2D eigenvalue weighted by atomic mass is 10.0. The van der Waals surface area contributed by atoms with E-state index in [4.69, 9.17) is 16.2 Å². The van der Waals surface area contributed by atoms with Crippen molar-refractivity contribution in [2.75, 3.05) is 26.1 Å². The summed E-state index contributed by atoms with van der Waals surface area (Å²) in [4.78, 5) is 12.8. The smallest absolute Gasteiger partial charge is 0.219 e. The van der Waals surface area contributed by atoms with Crippen molar-refractivity contribution in [2.45, 2.75) is 12.5 Å². The molecule has 0 fully saturated rings. The summed E-state index contributed by atoms with van der Waals surface area (Å²) in [6, 6.07) is 5.25. The molecule has 1 aromatic rings. The fourth-order valence-corrected chi connectivity index (χ4v) is 1.61. The summed E-state index contributed by atoms with van der Waals surface area (Å²) in [7, 11) is 5.46. The molecule has 1 amide bonds. The summed E-state index contributed by atoms with van der Waals surface area (Å²) in [5.41, 5.74) is 12.8. The van der Waals surface area contributed by atoms with Crippen LogP contribution >= 0.6 is 0 Å². The van der Waals surface area contributed by atoms with Crippen LogP contribution in [-0.2, 0) is 4.79 Å². The Morgan fingerprint density at radius 3 is 2.59 bits per heavy atom. The first-order valence-electron chi connectivity index (χ1n) is 5.35. The van der Waals surface area contributed by atoms with E-state index in [0.717, 1.165) is 11.3 Å². The van der Waals surface area contributed by atoms with Crippen molar-refractivity contribution in [1.29, 1.82) is 0 Å². The quantitative estimate of drug-likeness (QED) is 0.787. The van der Waals surface area contributed by atoms with Crippen LogP contribution in [0.2, 0.25) is 0 Å². The first-order valence-corrected chi connectivity index (χ1v) is 5.35. The molecule has 5 heteroatoms. The number of nitrogens with two attached hydrogens (primary N) is 2. The van der Waals surface area contributed by atoms with Crippen LogP contribution in [0.3, 0.4) is 0 Å². The Labute approximate surface area is 101 Å². The summed E-state index contributed by atoms with van der Waals surface area (Å²) in [5, 5.41) is 0. The second-order valence-corrected chi connectivity index (χ2v) is 4.10. The van der Waals surface area contributed by atoms with Crippen LogP contribution in [0.25, 0.3) is 0 Å². The first kappa shape index (κ1) is 13.3. The molecule has 1 atom stereocenters. The fraction of sp³-hybridized carbons (Fsp3) is 0.417. The molecule has 0 heterocycles. The fourth-order valence-electron chi connectivity index (χ4n) is 1.61. The van der Waals surface area contributed by atoms with Crippen LogP contribution in [0.5, 0.6) is 5.75 Å². The van der Waals surface area contributed by atoms with Crippen LogP contribution in [0.4, 0.5) is 5.69 Å². The van der Waals surface area contributed by atoms with Gasteiger partial charge in [0.2, 0.25) is 5.91 Å². The van der Waals surface area contributed by atoms with Gasteiger partial charge in [-0.25, -0.2) is 0 Å². The zero-order chi connectivity index (χ0) is 13.0. The number of carbonyl (C=O) groups is 1. The Balaban J connectivity index is 3.03. The van der Waals surface area contributed by atoms with Crippen LogP contribution in [0.15, 0.2) is 18.2 Å². The third-order valence-corrected chi connectivity index (χ3v) is 2.55. The molecule has 0 aliphatic carbocycles. The van der Waals surface area contributed by atoms with Crippen LogP contribution < -0.4 is 21.1 Å². The van der Waals surface area contributed by atoms with E-state index in [9.17, 15) is 4.79 Å². The van der Waals surface area contributed by atoms with Crippen LogP contribution in [-0.4, -0.2) is 27.1 Å². The second-order valence-electron chi connectivity index (χ2n) is 4.10. The van der Waals surface area contributed by atoms with Crippen molar-refractivity contribution in [1.82, 2.24) is 0 Å². The van der Waals surface area contributed by atoms with Gasteiger partial charge in [0, 0.05) is 43.9 Å². The minimum absolute atomic E-state index is 0.109. The number of hydrogen-bond donors (Lipinski definition) is 2. The van der Waals surface area contributed by atoms with E-state index in [1.54, 1.807) is 7.11 Å². The van der Waals surface area contributed by atoms with Gasteiger partial charge in [-0.05, 0) is 6.07 Å². The number of primary amides is 1. The normalized spacial score (nSPS) is 12.0. The van der Waals surface area contributed by atoms with Gasteiger partial charge >= 0.3 is 0 Å². The molecule has 0 bridgehead atoms. The van der Waals surface area contributed by atoms with Gasteiger partial charge in [-0.15, -0.1) is 0 Å². The Morgan fingerprint density at radius 1 is 1.47 bits per heavy atom. The van der Waals surface area contributed by atoms with Crippen molar-refractivity contribution < 1.29 is 9.53 Å². The number of anilines is 1. The minimum Gasteiger partial charge on any atom is -0.496 e. The molecule has 0 aliphatic rings. The number of benzene rings is 1. The zero-order valence-corrected chi connectivity index (χ0v) is 10.4. The molecular weight excluding hydrogens is 218 g/mol. The topological polar surface area (TPSA) is 81.6 Å². The molecule has 5 nitrogen and oxygen atoms in total. The average molecular weight is 237 g/mol. The molecule has 0 saturated heterocycles. The molecule has 0 aliphatic heterocycles. The molecule has 0 aromatic heterocycles. The molecular formula is C12H19N3O2. The number of hydrogen-bond acceptors (Lipinski definition) is 4. The Hall–Kier alpha value is -1.75. The highest BCUT2D eigenvalue weighted by atomic mass is 16.5. The monoisotopic (exact) mass is 237 g/mol. The Morgan fingerprint density at radius 2 is 2.12 bits per heavy atom. The minimum atomic E-state index is -0.432. The lowest BCUT2D eigenvalue weighted by molar-refractivity contribution is -0.118. The number of amides is 1. The van der Waals surface area contributed by atoms with Crippen molar-refractivity contribution in [3.8, 4) is 5.75 Å². The lowest BCUT2D eigenvalue weighted by Gasteiger charge is -2.18. The van der Waals surface area contributed by atoms with Gasteiger partial charge in [-0.3, -0.25) is 4.79 Å². The first-order chi connectivity index (χ1) is 7.95. The lowest BCUT2D eigenvalue weighted by Crippen LogP contribution is -2.21. The SMILES string of the molecule is COc1cc(N(C)C)ccc1C(N)CC(N)=O. The number of ether oxygens (including phenoxy) is 1. The highest BCUT2D eigenvalue weighted by Crippen LogP contribution is 2.29. The van der Waals surface area contributed by atoms with E-state index < -0.39 is 11.9 Å². The molecule has 17 heavy (non-hydrogen) atoms. The van der Waals surface area contributed by atoms with Crippen LogP contribution in [0, 0.1) is 0 Å². The molecule has 1 rings (SSSR count). The number of carbonyl (C=O) groups excluding carboxylic acids is 1. The zero-order valence-electron chi connectivity index (χ0n) is 10.4. The molecule has 4 N–H and O–H groups in total. The molecule has 94 valence electrons. The summed E-state index contributed by atoms with van der Waals surface area (Å²) < 4.78 is 5.28. The number of rotatable bonds is 5. The van der Waals surface area contributed by atoms with E-state index >= 15 is 0 Å². The van der Waals surface area contributed by atoms with Gasteiger partial charge < -0.3 is 21.1 Å². The van der Waals surface area contributed by atoms with Gasteiger partial charge in [0.1, 0.15) is 5.75 Å². The van der Waals surface area contributed by atoms with E-state index in [1.165, 1.54) is 0 Å². The van der Waals surface area contributed by atoms with E-state index in [2.05, 4.69) is 0 Å². The third kappa shape index (κ3) is 3.35. The second kappa shape index (κ2) is 5.54. The molecule has 0 saturated carbocycles. The molecule has 1 unspecified atom stereocenters. The predicted molar refractivity (Wildman–Crippen MR) is 68.1 cm³/mol. The molecule has 0 spiro atoms. The number of nitrogens with zero attached hydrogens (tertiary/aromatic N) is 1. The maximum absolute atomic E-state index is 10.9. The van der Waals surface area contributed by atoms with Gasteiger partial charge in [-0.2, -0.15) is 0 Å². The maximum atomic E-state index is 10.9. The summed E-state index contributed by atoms with van der Waals surface area (Å²) in [5.74, 6) is 0.251. The van der Waals surface area contributed by atoms with E-state index in [-0.39, 0.29) is 6.42 Å². The van der Waals surface area contributed by atoms with Gasteiger partial charge in [-0.1, -0.05) is 6.07 Å². The maximum Gasteiger partial charge on any atom is 0.219 e. The third-order valence-electron chi connectivity index (χ3n) is 2.55. The summed E-state index contributed by atoms with van der Waals surface area (Å²) in [6.07, 6.45) is 0.109. The Bertz CT molecular complexity index is 405. The summed E-state index contributed by atoms with van der Waals surface area (Å²) >= 11 is 0. The van der Waals surface area contributed by atoms with Crippen molar-refractivity contribution in [3.05, 3.63) is 23.8 Å². The number of methoxy groups -OCH3 is 1. The standard InChI is InChI=1S/C12H19N3O2/c1-15(2)8-4-5-9(11(6-8)17-3)10(13)7-12(14)16/h4-6,10H,7,13H2,1-3H3,(H2,14,16). The largest absolute Gasteiger partial charge is 0.496 e. The molecule has 0 radical (unpaired) electrons. The van der Waals surface area contributed by atoms with E-state index in [1.807, 2.05) is 37.2 Å². The highest BCUT2D eigenvalue weighted by Gasteiger charge is 2.15. The summed E-state index contributed by atoms with van der Waals surface area (Å²) in [6.45, 7) is 0. The van der Waals surface area contributed by atoms with Crippen LogP contribution in [0.1, 0.15) is 18.0 Å². The Kier molecular flexibility index (Phi) is 4.34. The average Bonchev–Trinajstić information content (AvgIpc) is 2.27. The predicted octanol–water partition coefficient (Wildman–Crippen LogP) is 0.636.